The van der Waals surface area contributed by atoms with E-state index in [1.54, 1.807) is 12.1 Å². The Labute approximate surface area is 173 Å². The Morgan fingerprint density at radius 3 is 2.59 bits per heavy atom. The van der Waals surface area contributed by atoms with E-state index in [9.17, 15) is 19.7 Å². The van der Waals surface area contributed by atoms with Gasteiger partial charge in [-0.2, -0.15) is 0 Å². The number of nitrogens with one attached hydrogen (secondary N) is 1. The molecule has 1 N–H and O–H groups in total. The number of benzene rings is 1. The molecular weight excluding hydrogens is 392 g/mol. The van der Waals surface area contributed by atoms with Crippen molar-refractivity contribution in [3.63, 3.8) is 0 Å². The quantitative estimate of drug-likeness (QED) is 0.306. The molecule has 1 aromatic carbocycles. The van der Waals surface area contributed by atoms with Gasteiger partial charge in [0.15, 0.2) is 0 Å². The van der Waals surface area contributed by atoms with Gasteiger partial charge in [-0.05, 0) is 43.2 Å². The minimum Gasteiger partial charge on any atom is -0.462 e. The van der Waals surface area contributed by atoms with Gasteiger partial charge in [-0.25, -0.2) is 4.79 Å². The van der Waals surface area contributed by atoms with Crippen molar-refractivity contribution in [1.29, 1.82) is 0 Å². The highest BCUT2D eigenvalue weighted by Crippen LogP contribution is 2.38. The molecule has 0 aliphatic heterocycles. The number of esters is 1. The maximum atomic E-state index is 12.7. The molecule has 0 unspecified atom stereocenters. The van der Waals surface area contributed by atoms with Gasteiger partial charge in [0.1, 0.15) is 5.00 Å². The first-order valence-corrected chi connectivity index (χ1v) is 10.7. The van der Waals surface area contributed by atoms with Crippen LogP contribution in [0.4, 0.5) is 10.7 Å². The van der Waals surface area contributed by atoms with E-state index in [0.717, 1.165) is 49.0 Å². The largest absolute Gasteiger partial charge is 0.462 e. The number of hydrogen-bond acceptors (Lipinski definition) is 6. The molecule has 1 aromatic heterocycles. The minimum absolute atomic E-state index is 0.0166. The average molecular weight is 416 g/mol. The second kappa shape index (κ2) is 9.65. The van der Waals surface area contributed by atoms with Crippen molar-refractivity contribution in [3.05, 3.63) is 55.9 Å². The fourth-order valence-electron chi connectivity index (χ4n) is 3.41. The molecule has 1 aliphatic carbocycles. The first kappa shape index (κ1) is 21.0. The smallest absolute Gasteiger partial charge is 0.341 e. The summed E-state index contributed by atoms with van der Waals surface area (Å²) in [5.74, 6) is -0.642. The van der Waals surface area contributed by atoms with Crippen molar-refractivity contribution in [1.82, 2.24) is 0 Å². The first-order valence-electron chi connectivity index (χ1n) is 9.84. The molecule has 2 aromatic rings. The number of nitro benzene ring substituents is 1. The Morgan fingerprint density at radius 2 is 1.90 bits per heavy atom. The van der Waals surface area contributed by atoms with Crippen LogP contribution < -0.4 is 5.32 Å². The Kier molecular flexibility index (Phi) is 6.98. The zero-order valence-corrected chi connectivity index (χ0v) is 17.2. The molecular formula is C21H24N2O5S. The summed E-state index contributed by atoms with van der Waals surface area (Å²) in [4.78, 5) is 36.7. The van der Waals surface area contributed by atoms with E-state index in [0.29, 0.717) is 22.7 Å². The summed E-state index contributed by atoms with van der Waals surface area (Å²) in [6, 6.07) is 5.89. The average Bonchev–Trinajstić information content (AvgIpc) is 2.87. The molecule has 0 radical (unpaired) electrons. The fraction of sp³-hybridized carbons (Fsp3) is 0.429. The van der Waals surface area contributed by atoms with Gasteiger partial charge in [0.05, 0.1) is 23.5 Å². The third kappa shape index (κ3) is 5.20. The number of hydrogen-bond donors (Lipinski definition) is 1. The molecule has 8 heteroatoms. The number of nitrogens with zero attached hydrogens (tertiary/aromatic N) is 1. The van der Waals surface area contributed by atoms with Crippen LogP contribution >= 0.6 is 11.3 Å². The van der Waals surface area contributed by atoms with Crippen molar-refractivity contribution in [2.24, 2.45) is 0 Å². The molecule has 1 amide bonds. The predicted molar refractivity (Wildman–Crippen MR) is 112 cm³/mol. The van der Waals surface area contributed by atoms with Crippen molar-refractivity contribution in [2.45, 2.75) is 51.9 Å². The number of carbonyl (C=O) groups is 2. The zero-order valence-electron chi connectivity index (χ0n) is 16.4. The number of nitro groups is 1. The summed E-state index contributed by atoms with van der Waals surface area (Å²) in [5, 5.41) is 14.2. The van der Waals surface area contributed by atoms with Gasteiger partial charge in [0.2, 0.25) is 5.91 Å². The Balaban J connectivity index is 1.79. The number of rotatable bonds is 7. The molecule has 154 valence electrons. The van der Waals surface area contributed by atoms with E-state index in [1.165, 1.54) is 23.5 Å². The lowest BCUT2D eigenvalue weighted by atomic mass is 10.1. The fourth-order valence-corrected chi connectivity index (χ4v) is 4.70. The van der Waals surface area contributed by atoms with E-state index >= 15 is 0 Å². The first-order chi connectivity index (χ1) is 14.0. The van der Waals surface area contributed by atoms with Crippen LogP contribution in [0.1, 0.15) is 59.0 Å². The summed E-state index contributed by atoms with van der Waals surface area (Å²) in [6.45, 7) is 2.29. The van der Waals surface area contributed by atoms with E-state index < -0.39 is 4.92 Å². The number of anilines is 1. The second-order valence-electron chi connectivity index (χ2n) is 7.05. The number of carbonyl (C=O) groups excluding carboxylic acids is 2. The van der Waals surface area contributed by atoms with Gasteiger partial charge in [-0.1, -0.05) is 25.5 Å². The van der Waals surface area contributed by atoms with Crippen LogP contribution in [0.15, 0.2) is 24.3 Å². The number of ether oxygens (including phenoxy) is 1. The SMILES string of the molecule is CCCOC(=O)c1c(NC(=O)Cc2ccc([N+](=O)[O-])cc2)sc2c1CCCCC2. The normalized spacial score (nSPS) is 13.3. The lowest BCUT2D eigenvalue weighted by Gasteiger charge is -2.09. The number of amides is 1. The van der Waals surface area contributed by atoms with Crippen LogP contribution in [-0.4, -0.2) is 23.4 Å². The number of thiophene rings is 1. The highest BCUT2D eigenvalue weighted by Gasteiger charge is 2.26. The Bertz CT molecular complexity index is 905. The highest BCUT2D eigenvalue weighted by molar-refractivity contribution is 7.17. The van der Waals surface area contributed by atoms with Crippen LogP contribution in [0.2, 0.25) is 0 Å². The van der Waals surface area contributed by atoms with Gasteiger partial charge >= 0.3 is 5.97 Å². The number of fused-ring (bicyclic) bond motifs is 1. The Morgan fingerprint density at radius 1 is 1.17 bits per heavy atom. The standard InChI is InChI=1S/C21H24N2O5S/c1-2-12-28-21(25)19-16-6-4-3-5-7-17(16)29-20(19)22-18(24)13-14-8-10-15(11-9-14)23(26)27/h8-11H,2-7,12-13H2,1H3,(H,22,24). The monoisotopic (exact) mass is 416 g/mol. The van der Waals surface area contributed by atoms with Crippen LogP contribution in [-0.2, 0) is 28.8 Å². The Hall–Kier alpha value is -2.74. The molecule has 0 saturated heterocycles. The lowest BCUT2D eigenvalue weighted by Crippen LogP contribution is -2.17. The van der Waals surface area contributed by atoms with E-state index in [-0.39, 0.29) is 24.0 Å². The maximum absolute atomic E-state index is 12.7. The molecule has 0 atom stereocenters. The molecule has 0 spiro atoms. The summed E-state index contributed by atoms with van der Waals surface area (Å²) >= 11 is 1.46. The van der Waals surface area contributed by atoms with Crippen LogP contribution in [0.5, 0.6) is 0 Å². The van der Waals surface area contributed by atoms with Crippen molar-refractivity contribution in [2.75, 3.05) is 11.9 Å². The van der Waals surface area contributed by atoms with Gasteiger partial charge < -0.3 is 10.1 Å². The van der Waals surface area contributed by atoms with Crippen LogP contribution in [0, 0.1) is 10.1 Å². The predicted octanol–water partition coefficient (Wildman–Crippen LogP) is 4.67. The highest BCUT2D eigenvalue weighted by atomic mass is 32.1. The molecule has 0 bridgehead atoms. The van der Waals surface area contributed by atoms with Gasteiger partial charge in [0.25, 0.3) is 5.69 Å². The van der Waals surface area contributed by atoms with Crippen molar-refractivity contribution < 1.29 is 19.2 Å². The van der Waals surface area contributed by atoms with Crippen LogP contribution in [0.3, 0.4) is 0 Å². The summed E-state index contributed by atoms with van der Waals surface area (Å²) in [7, 11) is 0. The van der Waals surface area contributed by atoms with Crippen molar-refractivity contribution >= 4 is 33.9 Å². The minimum atomic E-state index is -0.475. The third-order valence-electron chi connectivity index (χ3n) is 4.83. The van der Waals surface area contributed by atoms with Gasteiger partial charge in [-0.15, -0.1) is 11.3 Å². The maximum Gasteiger partial charge on any atom is 0.341 e. The third-order valence-corrected chi connectivity index (χ3v) is 6.03. The van der Waals surface area contributed by atoms with E-state index in [4.69, 9.17) is 4.74 Å². The number of aryl methyl sites for hydroxylation is 1. The topological polar surface area (TPSA) is 98.5 Å². The van der Waals surface area contributed by atoms with Gasteiger partial charge in [0, 0.05) is 17.0 Å². The molecule has 3 rings (SSSR count). The molecule has 0 saturated carbocycles. The summed E-state index contributed by atoms with van der Waals surface area (Å²) in [6.07, 6.45) is 5.77. The van der Waals surface area contributed by atoms with E-state index in [2.05, 4.69) is 5.32 Å². The molecule has 1 heterocycles. The van der Waals surface area contributed by atoms with Gasteiger partial charge in [-0.3, -0.25) is 14.9 Å². The molecule has 29 heavy (non-hydrogen) atoms. The molecule has 1 aliphatic rings. The summed E-state index contributed by atoms with van der Waals surface area (Å²) < 4.78 is 5.37. The van der Waals surface area contributed by atoms with Crippen molar-refractivity contribution in [3.8, 4) is 0 Å². The lowest BCUT2D eigenvalue weighted by molar-refractivity contribution is -0.384. The molecule has 0 fully saturated rings. The van der Waals surface area contributed by atoms with Crippen LogP contribution in [0.25, 0.3) is 0 Å². The zero-order chi connectivity index (χ0) is 20.8. The molecule has 7 nitrogen and oxygen atoms in total. The summed E-state index contributed by atoms with van der Waals surface area (Å²) in [5.41, 5.74) is 2.16. The number of non-ortho nitro benzene ring substituents is 1. The van der Waals surface area contributed by atoms with E-state index in [1.807, 2.05) is 6.92 Å². The second-order valence-corrected chi connectivity index (χ2v) is 8.16.